The van der Waals surface area contributed by atoms with Crippen molar-refractivity contribution >= 4 is 51.2 Å². The highest BCUT2D eigenvalue weighted by molar-refractivity contribution is 7.85. The molecule has 4 heterocycles. The number of nitriles is 1. The first-order chi connectivity index (χ1) is 17.8. The van der Waals surface area contributed by atoms with Crippen molar-refractivity contribution < 1.29 is 8.95 Å². The number of nitrogens with zero attached hydrogens (tertiary/aromatic N) is 4. The second kappa shape index (κ2) is 10.3. The SMILES string of the molecule is N#Cc1cc(C(=N)c2cc(OCc3c(Cl)cncc3Cl)ccc2N)cnc1N1CC2(CCCS(=O)C2)C1. The van der Waals surface area contributed by atoms with Gasteiger partial charge in [0, 0.05) is 81.8 Å². The van der Waals surface area contributed by atoms with Crippen molar-refractivity contribution in [2.24, 2.45) is 5.41 Å². The van der Waals surface area contributed by atoms with Crippen LogP contribution in [0.4, 0.5) is 11.5 Å². The molecular weight excluding hydrogens is 531 g/mol. The zero-order valence-corrected chi connectivity index (χ0v) is 22.2. The number of nitrogens with two attached hydrogens (primary N) is 1. The van der Waals surface area contributed by atoms with Crippen LogP contribution < -0.4 is 15.4 Å². The average Bonchev–Trinajstić information content (AvgIpc) is 2.87. The average molecular weight is 555 g/mol. The van der Waals surface area contributed by atoms with Crippen molar-refractivity contribution in [2.75, 3.05) is 35.2 Å². The van der Waals surface area contributed by atoms with Gasteiger partial charge >= 0.3 is 0 Å². The van der Waals surface area contributed by atoms with Gasteiger partial charge in [0.1, 0.15) is 24.2 Å². The van der Waals surface area contributed by atoms with Gasteiger partial charge in [-0.25, -0.2) is 4.98 Å². The van der Waals surface area contributed by atoms with Gasteiger partial charge in [0.2, 0.25) is 0 Å². The second-order valence-electron chi connectivity index (χ2n) is 9.45. The molecule has 2 aliphatic heterocycles. The molecular formula is C26H24Cl2N6O2S. The van der Waals surface area contributed by atoms with Gasteiger partial charge in [0.25, 0.3) is 0 Å². The number of ether oxygens (including phenoxy) is 1. The Labute approximate surface area is 227 Å². The summed E-state index contributed by atoms with van der Waals surface area (Å²) in [6.07, 6.45) is 6.61. The number of nitrogen functional groups attached to an aromatic ring is 1. The Hall–Kier alpha value is -3.19. The molecule has 0 saturated carbocycles. The lowest BCUT2D eigenvalue weighted by Crippen LogP contribution is -2.60. The molecule has 1 aromatic carbocycles. The van der Waals surface area contributed by atoms with E-state index in [1.54, 1.807) is 30.5 Å². The van der Waals surface area contributed by atoms with Crippen LogP contribution in [0, 0.1) is 22.2 Å². The van der Waals surface area contributed by atoms with Crippen LogP contribution >= 0.6 is 23.2 Å². The predicted octanol–water partition coefficient (Wildman–Crippen LogP) is 4.58. The smallest absolute Gasteiger partial charge is 0.146 e. The van der Waals surface area contributed by atoms with Gasteiger partial charge in [-0.15, -0.1) is 0 Å². The Morgan fingerprint density at radius 2 is 2.00 bits per heavy atom. The minimum Gasteiger partial charge on any atom is -0.489 e. The van der Waals surface area contributed by atoms with Crippen LogP contribution in [0.2, 0.25) is 10.0 Å². The van der Waals surface area contributed by atoms with Crippen LogP contribution in [0.1, 0.15) is 35.1 Å². The van der Waals surface area contributed by atoms with Crippen LogP contribution in [0.3, 0.4) is 0 Å². The molecule has 190 valence electrons. The first kappa shape index (κ1) is 25.5. The Morgan fingerprint density at radius 3 is 2.70 bits per heavy atom. The fourth-order valence-corrected chi connectivity index (χ4v) is 7.01. The number of pyridine rings is 2. The summed E-state index contributed by atoms with van der Waals surface area (Å²) in [4.78, 5) is 10.5. The van der Waals surface area contributed by atoms with Gasteiger partial charge in [-0.1, -0.05) is 23.2 Å². The van der Waals surface area contributed by atoms with E-state index in [-0.39, 0.29) is 17.7 Å². The van der Waals surface area contributed by atoms with Gasteiger partial charge in [-0.3, -0.25) is 14.6 Å². The molecule has 1 atom stereocenters. The Balaban J connectivity index is 1.33. The van der Waals surface area contributed by atoms with Crippen molar-refractivity contribution in [1.82, 2.24) is 9.97 Å². The minimum atomic E-state index is -0.765. The summed E-state index contributed by atoms with van der Waals surface area (Å²) < 4.78 is 17.9. The zero-order chi connectivity index (χ0) is 26.2. The van der Waals surface area contributed by atoms with E-state index in [1.165, 1.54) is 12.4 Å². The lowest BCUT2D eigenvalue weighted by molar-refractivity contribution is 0.219. The number of anilines is 2. The van der Waals surface area contributed by atoms with Gasteiger partial charge in [-0.05, 0) is 37.1 Å². The third kappa shape index (κ3) is 5.14. The summed E-state index contributed by atoms with van der Waals surface area (Å²) in [5, 5.41) is 19.4. The summed E-state index contributed by atoms with van der Waals surface area (Å²) in [5.41, 5.74) is 8.69. The van der Waals surface area contributed by atoms with E-state index in [9.17, 15) is 9.47 Å². The highest BCUT2D eigenvalue weighted by atomic mass is 35.5. The van der Waals surface area contributed by atoms with Crippen molar-refractivity contribution in [2.45, 2.75) is 19.4 Å². The van der Waals surface area contributed by atoms with Gasteiger partial charge in [0.05, 0.1) is 21.3 Å². The molecule has 0 aliphatic carbocycles. The molecule has 3 N–H and O–H groups in total. The maximum atomic E-state index is 12.1. The lowest BCUT2D eigenvalue weighted by atomic mass is 9.77. The fraction of sp³-hybridized carbons (Fsp3) is 0.308. The first-order valence-corrected chi connectivity index (χ1v) is 13.9. The van der Waals surface area contributed by atoms with Crippen LogP contribution in [0.25, 0.3) is 0 Å². The van der Waals surface area contributed by atoms with Crippen LogP contribution in [0.5, 0.6) is 5.75 Å². The molecule has 11 heteroatoms. The van der Waals surface area contributed by atoms with Crippen molar-refractivity contribution in [3.05, 3.63) is 75.2 Å². The van der Waals surface area contributed by atoms with E-state index in [0.717, 1.165) is 31.7 Å². The molecule has 1 unspecified atom stereocenters. The molecule has 1 spiro atoms. The van der Waals surface area contributed by atoms with Crippen molar-refractivity contribution in [3.8, 4) is 11.8 Å². The van der Waals surface area contributed by atoms with E-state index in [2.05, 4.69) is 20.9 Å². The van der Waals surface area contributed by atoms with Crippen LogP contribution in [0.15, 0.2) is 42.9 Å². The lowest BCUT2D eigenvalue weighted by Gasteiger charge is -2.52. The van der Waals surface area contributed by atoms with E-state index in [1.807, 2.05) is 0 Å². The molecule has 2 aromatic heterocycles. The highest BCUT2D eigenvalue weighted by Crippen LogP contribution is 2.41. The quantitative estimate of drug-likeness (QED) is 0.337. The van der Waals surface area contributed by atoms with Gasteiger partial charge in [0.15, 0.2) is 0 Å². The molecule has 2 aliphatic rings. The maximum Gasteiger partial charge on any atom is 0.146 e. The third-order valence-electron chi connectivity index (χ3n) is 6.80. The van der Waals surface area contributed by atoms with E-state index in [0.29, 0.717) is 55.3 Å². The Morgan fingerprint density at radius 1 is 1.24 bits per heavy atom. The monoisotopic (exact) mass is 554 g/mol. The minimum absolute atomic E-state index is 0.0580. The topological polar surface area (TPSA) is 129 Å². The van der Waals surface area contributed by atoms with Crippen molar-refractivity contribution in [1.29, 1.82) is 10.7 Å². The molecule has 5 rings (SSSR count). The number of benzene rings is 1. The Kier molecular flexibility index (Phi) is 7.08. The highest BCUT2D eigenvalue weighted by Gasteiger charge is 2.46. The summed E-state index contributed by atoms with van der Waals surface area (Å²) in [6, 6.07) is 8.92. The number of hydrogen-bond donors (Lipinski definition) is 2. The number of hydrogen-bond acceptors (Lipinski definition) is 8. The molecule has 3 aromatic rings. The van der Waals surface area contributed by atoms with E-state index in [4.69, 9.17) is 39.1 Å². The first-order valence-electron chi connectivity index (χ1n) is 11.7. The molecule has 8 nitrogen and oxygen atoms in total. The number of halogens is 2. The summed E-state index contributed by atoms with van der Waals surface area (Å²) in [6.45, 7) is 1.61. The van der Waals surface area contributed by atoms with Crippen LogP contribution in [-0.2, 0) is 17.4 Å². The van der Waals surface area contributed by atoms with Crippen molar-refractivity contribution in [3.63, 3.8) is 0 Å². The summed E-state index contributed by atoms with van der Waals surface area (Å²) in [7, 11) is -0.765. The summed E-state index contributed by atoms with van der Waals surface area (Å²) in [5.74, 6) is 2.57. The number of nitrogens with one attached hydrogen (secondary N) is 1. The molecule has 0 bridgehead atoms. The standard InChI is InChI=1S/C26H24Cl2N6O2S/c27-21-10-32-11-22(28)20(21)12-36-18-2-3-23(30)19(7-18)24(31)17-6-16(8-29)25(33-9-17)34-13-26(14-34)4-1-5-37(35)15-26/h2-3,6-7,9-11,31H,1,4-5,12-15,30H2. The number of aromatic nitrogens is 2. The van der Waals surface area contributed by atoms with E-state index < -0.39 is 10.8 Å². The Bertz CT molecular complexity index is 1430. The van der Waals surface area contributed by atoms with Gasteiger partial charge in [-0.2, -0.15) is 5.26 Å². The number of rotatable bonds is 6. The molecule has 2 saturated heterocycles. The molecule has 2 fully saturated rings. The third-order valence-corrected chi connectivity index (χ3v) is 9.13. The predicted molar refractivity (Wildman–Crippen MR) is 146 cm³/mol. The molecule has 0 radical (unpaired) electrons. The molecule has 37 heavy (non-hydrogen) atoms. The van der Waals surface area contributed by atoms with Gasteiger partial charge < -0.3 is 15.4 Å². The molecule has 0 amide bonds. The second-order valence-corrected chi connectivity index (χ2v) is 11.8. The largest absolute Gasteiger partial charge is 0.489 e. The summed E-state index contributed by atoms with van der Waals surface area (Å²) >= 11 is 12.4. The van der Waals surface area contributed by atoms with E-state index >= 15 is 0 Å². The maximum absolute atomic E-state index is 12.1. The zero-order valence-electron chi connectivity index (χ0n) is 19.8. The normalized spacial score (nSPS) is 18.2. The van der Waals surface area contributed by atoms with Crippen LogP contribution in [-0.4, -0.2) is 44.5 Å². The fourth-order valence-electron chi connectivity index (χ4n) is 4.91.